The molecular formula is C37H24ClN3O. The molecule has 0 bridgehead atoms. The second kappa shape index (κ2) is 10.1. The fourth-order valence-electron chi connectivity index (χ4n) is 5.78. The molecule has 0 saturated heterocycles. The summed E-state index contributed by atoms with van der Waals surface area (Å²) in [5.74, 6) is 2.70. The molecule has 0 radical (unpaired) electrons. The zero-order chi connectivity index (χ0) is 28.0. The van der Waals surface area contributed by atoms with Gasteiger partial charge in [-0.2, -0.15) is 0 Å². The summed E-state index contributed by atoms with van der Waals surface area (Å²) in [7, 11) is 0. The molecule has 0 unspecified atom stereocenters. The highest BCUT2D eigenvalue weighted by Gasteiger charge is 2.22. The Morgan fingerprint density at radius 2 is 1.19 bits per heavy atom. The average Bonchev–Trinajstić information content (AvgIpc) is 3.42. The number of benzene rings is 5. The third-order valence-corrected chi connectivity index (χ3v) is 8.16. The number of aryl methyl sites for hydroxylation is 1. The van der Waals surface area contributed by atoms with Gasteiger partial charge in [0.15, 0.2) is 17.5 Å². The number of nitrogens with zero attached hydrogens (tertiary/aromatic N) is 3. The van der Waals surface area contributed by atoms with E-state index in [9.17, 15) is 0 Å². The average molecular weight is 562 g/mol. The smallest absolute Gasteiger partial charge is 0.164 e. The predicted molar refractivity (Wildman–Crippen MR) is 171 cm³/mol. The number of aromatic nitrogens is 3. The summed E-state index contributed by atoms with van der Waals surface area (Å²) in [4.78, 5) is 15.0. The van der Waals surface area contributed by atoms with E-state index in [1.165, 1.54) is 16.5 Å². The Bertz CT molecular complexity index is 2150. The van der Waals surface area contributed by atoms with E-state index in [1.54, 1.807) is 0 Å². The SMILES string of the molecule is ClC1=Cc2oc3cccc(-c4nc(-c5ccccc5)nc(-c5ccc6cc(-c7ccccc7)ccc6c5)n4)c3c2CC1. The lowest BCUT2D eigenvalue weighted by molar-refractivity contribution is 0.595. The van der Waals surface area contributed by atoms with Crippen molar-refractivity contribution in [1.82, 2.24) is 15.0 Å². The van der Waals surface area contributed by atoms with Gasteiger partial charge in [0.25, 0.3) is 0 Å². The van der Waals surface area contributed by atoms with Crippen LogP contribution in [0.3, 0.4) is 0 Å². The van der Waals surface area contributed by atoms with E-state index >= 15 is 0 Å². The lowest BCUT2D eigenvalue weighted by Gasteiger charge is -2.11. The van der Waals surface area contributed by atoms with Gasteiger partial charge in [0, 0.05) is 32.7 Å². The first kappa shape index (κ1) is 24.7. The Hall–Kier alpha value is -5.06. The van der Waals surface area contributed by atoms with Gasteiger partial charge < -0.3 is 4.42 Å². The van der Waals surface area contributed by atoms with Gasteiger partial charge in [0.1, 0.15) is 11.3 Å². The van der Waals surface area contributed by atoms with E-state index in [4.69, 9.17) is 31.0 Å². The minimum absolute atomic E-state index is 0.619. The summed E-state index contributed by atoms with van der Waals surface area (Å²) in [6.45, 7) is 0. The lowest BCUT2D eigenvalue weighted by Crippen LogP contribution is -2.01. The van der Waals surface area contributed by atoms with Crippen molar-refractivity contribution in [2.75, 3.05) is 0 Å². The second-order valence-electron chi connectivity index (χ2n) is 10.5. The number of furan rings is 1. The molecule has 0 atom stereocenters. The molecule has 0 aliphatic heterocycles. The molecule has 7 aromatic rings. The van der Waals surface area contributed by atoms with Gasteiger partial charge in [-0.15, -0.1) is 0 Å². The summed E-state index contributed by atoms with van der Waals surface area (Å²) in [5, 5.41) is 4.14. The first-order chi connectivity index (χ1) is 20.7. The maximum absolute atomic E-state index is 6.36. The zero-order valence-corrected chi connectivity index (χ0v) is 23.3. The maximum Gasteiger partial charge on any atom is 0.164 e. The Balaban J connectivity index is 1.30. The Morgan fingerprint density at radius 1 is 0.548 bits per heavy atom. The third-order valence-electron chi connectivity index (χ3n) is 7.86. The van der Waals surface area contributed by atoms with Gasteiger partial charge in [0.2, 0.25) is 0 Å². The quantitative estimate of drug-likeness (QED) is 0.214. The molecule has 4 nitrogen and oxygen atoms in total. The topological polar surface area (TPSA) is 51.8 Å². The molecule has 1 aliphatic carbocycles. The largest absolute Gasteiger partial charge is 0.456 e. The van der Waals surface area contributed by atoms with Crippen LogP contribution in [0.2, 0.25) is 0 Å². The molecule has 0 spiro atoms. The fourth-order valence-corrected chi connectivity index (χ4v) is 5.97. The van der Waals surface area contributed by atoms with E-state index in [0.717, 1.165) is 62.2 Å². The first-order valence-electron chi connectivity index (χ1n) is 14.0. The highest BCUT2D eigenvalue weighted by atomic mass is 35.5. The standard InChI is InChI=1S/C37H24ClN3O/c38-29-18-19-30-33(22-29)42-32-13-7-12-31(34(30)32)37-40-35(24-10-5-2-6-11-24)39-36(41-37)28-17-16-26-20-25(14-15-27(26)21-28)23-8-3-1-4-9-23/h1-17,20-22H,18-19H2. The normalized spacial score (nSPS) is 12.8. The Kier molecular flexibility index (Phi) is 5.94. The molecule has 0 fully saturated rings. The van der Waals surface area contributed by atoms with Gasteiger partial charge in [-0.3, -0.25) is 0 Å². The van der Waals surface area contributed by atoms with Crippen LogP contribution in [0.5, 0.6) is 0 Å². The number of fused-ring (bicyclic) bond motifs is 4. The van der Waals surface area contributed by atoms with Crippen LogP contribution in [0.1, 0.15) is 17.7 Å². The van der Waals surface area contributed by atoms with Gasteiger partial charge >= 0.3 is 0 Å². The number of allylic oxidation sites excluding steroid dienone is 1. The molecule has 200 valence electrons. The molecule has 5 heteroatoms. The highest BCUT2D eigenvalue weighted by molar-refractivity contribution is 6.31. The van der Waals surface area contributed by atoms with Gasteiger partial charge in [-0.25, -0.2) is 15.0 Å². The van der Waals surface area contributed by atoms with Gasteiger partial charge in [-0.05, 0) is 59.0 Å². The first-order valence-corrected chi connectivity index (χ1v) is 14.4. The molecular weight excluding hydrogens is 538 g/mol. The maximum atomic E-state index is 6.36. The van der Waals surface area contributed by atoms with Crippen molar-refractivity contribution >= 4 is 39.4 Å². The van der Waals surface area contributed by atoms with Crippen LogP contribution in [0.15, 0.2) is 125 Å². The van der Waals surface area contributed by atoms with Crippen LogP contribution in [0.4, 0.5) is 0 Å². The lowest BCUT2D eigenvalue weighted by atomic mass is 9.97. The highest BCUT2D eigenvalue weighted by Crippen LogP contribution is 2.39. The van der Waals surface area contributed by atoms with E-state index in [2.05, 4.69) is 66.7 Å². The van der Waals surface area contributed by atoms with E-state index in [1.807, 2.05) is 54.6 Å². The van der Waals surface area contributed by atoms with Crippen molar-refractivity contribution in [2.24, 2.45) is 0 Å². The van der Waals surface area contributed by atoms with Crippen molar-refractivity contribution in [3.8, 4) is 45.3 Å². The van der Waals surface area contributed by atoms with Crippen LogP contribution in [-0.2, 0) is 6.42 Å². The summed E-state index contributed by atoms with van der Waals surface area (Å²) in [5.41, 5.74) is 7.15. The van der Waals surface area contributed by atoms with Crippen LogP contribution in [-0.4, -0.2) is 15.0 Å². The Labute approximate surface area is 248 Å². The summed E-state index contributed by atoms with van der Waals surface area (Å²) < 4.78 is 6.21. The van der Waals surface area contributed by atoms with Crippen LogP contribution < -0.4 is 0 Å². The molecule has 2 aromatic heterocycles. The van der Waals surface area contributed by atoms with E-state index < -0.39 is 0 Å². The number of hydrogen-bond donors (Lipinski definition) is 0. The van der Waals surface area contributed by atoms with Crippen molar-refractivity contribution in [1.29, 1.82) is 0 Å². The molecule has 0 N–H and O–H groups in total. The van der Waals surface area contributed by atoms with Crippen molar-refractivity contribution in [2.45, 2.75) is 12.8 Å². The van der Waals surface area contributed by atoms with Crippen molar-refractivity contribution < 1.29 is 4.42 Å². The van der Waals surface area contributed by atoms with Gasteiger partial charge in [-0.1, -0.05) is 109 Å². The summed E-state index contributed by atoms with van der Waals surface area (Å²) >= 11 is 6.36. The molecule has 5 aromatic carbocycles. The molecule has 2 heterocycles. The second-order valence-corrected chi connectivity index (χ2v) is 11.0. The number of halogens is 1. The fraction of sp³-hybridized carbons (Fsp3) is 0.0541. The minimum atomic E-state index is 0.619. The monoisotopic (exact) mass is 561 g/mol. The summed E-state index contributed by atoms with van der Waals surface area (Å²) in [6, 6.07) is 39.5. The predicted octanol–water partition coefficient (Wildman–Crippen LogP) is 9.96. The van der Waals surface area contributed by atoms with Gasteiger partial charge in [0.05, 0.1) is 0 Å². The summed E-state index contributed by atoms with van der Waals surface area (Å²) in [6.07, 6.45) is 3.53. The molecule has 0 saturated carbocycles. The molecule has 8 rings (SSSR count). The van der Waals surface area contributed by atoms with E-state index in [0.29, 0.717) is 17.5 Å². The van der Waals surface area contributed by atoms with Crippen LogP contribution in [0.25, 0.3) is 73.1 Å². The Morgan fingerprint density at radius 3 is 1.95 bits per heavy atom. The van der Waals surface area contributed by atoms with Crippen molar-refractivity contribution in [3.63, 3.8) is 0 Å². The molecule has 0 amide bonds. The minimum Gasteiger partial charge on any atom is -0.456 e. The van der Waals surface area contributed by atoms with Crippen molar-refractivity contribution in [3.05, 3.63) is 132 Å². The van der Waals surface area contributed by atoms with E-state index in [-0.39, 0.29) is 0 Å². The third kappa shape index (κ3) is 4.37. The number of hydrogen-bond acceptors (Lipinski definition) is 4. The van der Waals surface area contributed by atoms with Crippen LogP contribution >= 0.6 is 11.6 Å². The molecule has 1 aliphatic rings. The zero-order valence-electron chi connectivity index (χ0n) is 22.6. The molecule has 42 heavy (non-hydrogen) atoms. The number of rotatable bonds is 4. The van der Waals surface area contributed by atoms with Crippen LogP contribution in [0, 0.1) is 0 Å².